The fourth-order valence-electron chi connectivity index (χ4n) is 1.87. The maximum absolute atomic E-state index is 5.73. The van der Waals surface area contributed by atoms with Crippen LogP contribution in [0.2, 0.25) is 0 Å². The molecule has 0 fully saturated rings. The van der Waals surface area contributed by atoms with Crippen molar-refractivity contribution in [3.05, 3.63) is 28.2 Å². The average Bonchev–Trinajstić information content (AvgIpc) is 2.62. The lowest BCUT2D eigenvalue weighted by atomic mass is 9.89. The molecule has 2 rings (SSSR count). The van der Waals surface area contributed by atoms with Crippen molar-refractivity contribution in [1.29, 1.82) is 0 Å². The summed E-state index contributed by atoms with van der Waals surface area (Å²) in [5.74, 6) is 2.39. The summed E-state index contributed by atoms with van der Waals surface area (Å²) in [5.41, 5.74) is 7.20. The van der Waals surface area contributed by atoms with Crippen LogP contribution in [0, 0.1) is 5.92 Å². The van der Waals surface area contributed by atoms with Gasteiger partial charge in [-0.3, -0.25) is 0 Å². The summed E-state index contributed by atoms with van der Waals surface area (Å²) in [6.07, 6.45) is 0. The zero-order valence-corrected chi connectivity index (χ0v) is 10.6. The zero-order chi connectivity index (χ0) is 10.1. The summed E-state index contributed by atoms with van der Waals surface area (Å²) in [6, 6.07) is 6.46. The number of fused-ring (bicyclic) bond motifs is 1. The molecule has 0 bridgehead atoms. The summed E-state index contributed by atoms with van der Waals surface area (Å²) in [5, 5.41) is 0. The number of hydrogen-bond acceptors (Lipinski definition) is 2. The molecule has 0 aliphatic carbocycles. The van der Waals surface area contributed by atoms with Crippen molar-refractivity contribution >= 4 is 27.7 Å². The zero-order valence-electron chi connectivity index (χ0n) is 8.16. The van der Waals surface area contributed by atoms with E-state index in [-0.39, 0.29) is 0 Å². The molecule has 0 saturated heterocycles. The van der Waals surface area contributed by atoms with Gasteiger partial charge in [0, 0.05) is 15.1 Å². The molecule has 1 aromatic carbocycles. The Morgan fingerprint density at radius 1 is 1.64 bits per heavy atom. The quantitative estimate of drug-likeness (QED) is 0.894. The van der Waals surface area contributed by atoms with E-state index in [9.17, 15) is 0 Å². The van der Waals surface area contributed by atoms with Crippen LogP contribution in [0.4, 0.5) is 0 Å². The lowest BCUT2D eigenvalue weighted by Crippen LogP contribution is -2.18. The molecular formula is C11H14BrNS. The van der Waals surface area contributed by atoms with Crippen LogP contribution in [0.25, 0.3) is 0 Å². The summed E-state index contributed by atoms with van der Waals surface area (Å²) in [6.45, 7) is 3.01. The Morgan fingerprint density at radius 3 is 3.14 bits per heavy atom. The van der Waals surface area contributed by atoms with Crippen LogP contribution >= 0.6 is 27.7 Å². The highest BCUT2D eigenvalue weighted by molar-refractivity contribution is 9.10. The summed E-state index contributed by atoms with van der Waals surface area (Å²) in [4.78, 5) is 1.41. The van der Waals surface area contributed by atoms with Crippen molar-refractivity contribution in [1.82, 2.24) is 0 Å². The van der Waals surface area contributed by atoms with E-state index in [2.05, 4.69) is 41.1 Å². The lowest BCUT2D eigenvalue weighted by molar-refractivity contribution is 0.506. The van der Waals surface area contributed by atoms with Crippen LogP contribution in [0.5, 0.6) is 0 Å². The predicted octanol–water partition coefficient (Wildman–Crippen LogP) is 3.23. The molecule has 1 nitrogen and oxygen atoms in total. The van der Waals surface area contributed by atoms with Crippen molar-refractivity contribution < 1.29 is 0 Å². The van der Waals surface area contributed by atoms with Gasteiger partial charge in [0.1, 0.15) is 0 Å². The molecule has 0 amide bonds. The van der Waals surface area contributed by atoms with Gasteiger partial charge in [-0.25, -0.2) is 0 Å². The first-order valence-electron chi connectivity index (χ1n) is 4.85. The molecule has 0 radical (unpaired) electrons. The highest BCUT2D eigenvalue weighted by Gasteiger charge is 2.28. The fourth-order valence-corrected chi connectivity index (χ4v) is 4.04. The third-order valence-electron chi connectivity index (χ3n) is 2.86. The van der Waals surface area contributed by atoms with Gasteiger partial charge in [-0.1, -0.05) is 19.1 Å². The number of thioether (sulfide) groups is 1. The van der Waals surface area contributed by atoms with Crippen molar-refractivity contribution in [2.24, 2.45) is 11.7 Å². The number of nitrogens with two attached hydrogens (primary N) is 1. The molecule has 1 aliphatic heterocycles. The number of benzene rings is 1. The summed E-state index contributed by atoms with van der Waals surface area (Å²) in [7, 11) is 0. The van der Waals surface area contributed by atoms with Crippen molar-refractivity contribution in [3.8, 4) is 0 Å². The van der Waals surface area contributed by atoms with Crippen LogP contribution in [-0.4, -0.2) is 12.3 Å². The standard InChI is InChI=1S/C11H14BrNS/c1-7(5-13)9-6-14-11-8(9)3-2-4-10(11)12/h2-4,7,9H,5-6,13H2,1H3. The molecule has 1 aromatic rings. The molecule has 1 heterocycles. The van der Waals surface area contributed by atoms with Crippen LogP contribution in [-0.2, 0) is 0 Å². The highest BCUT2D eigenvalue weighted by Crippen LogP contribution is 2.46. The third kappa shape index (κ3) is 1.73. The Bertz CT molecular complexity index is 340. The minimum atomic E-state index is 0.582. The smallest absolute Gasteiger partial charge is 0.0314 e. The summed E-state index contributed by atoms with van der Waals surface area (Å²) < 4.78 is 1.23. The minimum Gasteiger partial charge on any atom is -0.330 e. The Hall–Kier alpha value is 0.0100. The first-order valence-corrected chi connectivity index (χ1v) is 6.63. The van der Waals surface area contributed by atoms with E-state index in [1.54, 1.807) is 0 Å². The summed E-state index contributed by atoms with van der Waals surface area (Å²) >= 11 is 5.54. The van der Waals surface area contributed by atoms with Crippen molar-refractivity contribution in [2.45, 2.75) is 17.7 Å². The number of halogens is 1. The van der Waals surface area contributed by atoms with Crippen LogP contribution in [0.1, 0.15) is 18.4 Å². The van der Waals surface area contributed by atoms with Gasteiger partial charge in [0.15, 0.2) is 0 Å². The maximum atomic E-state index is 5.73. The van der Waals surface area contributed by atoms with Gasteiger partial charge in [0.2, 0.25) is 0 Å². The predicted molar refractivity (Wildman–Crippen MR) is 65.8 cm³/mol. The number of hydrogen-bond donors (Lipinski definition) is 1. The highest BCUT2D eigenvalue weighted by atomic mass is 79.9. The molecule has 0 aromatic heterocycles. The van der Waals surface area contributed by atoms with Gasteiger partial charge in [0.25, 0.3) is 0 Å². The van der Waals surface area contributed by atoms with Crippen LogP contribution < -0.4 is 5.73 Å². The van der Waals surface area contributed by atoms with E-state index >= 15 is 0 Å². The Kier molecular flexibility index (Phi) is 3.20. The molecule has 0 saturated carbocycles. The van der Waals surface area contributed by atoms with Crippen molar-refractivity contribution in [2.75, 3.05) is 12.3 Å². The topological polar surface area (TPSA) is 26.0 Å². The average molecular weight is 272 g/mol. The maximum Gasteiger partial charge on any atom is 0.0314 e. The molecule has 14 heavy (non-hydrogen) atoms. The second kappa shape index (κ2) is 4.25. The van der Waals surface area contributed by atoms with Gasteiger partial charge in [-0.05, 0) is 45.9 Å². The second-order valence-corrected chi connectivity index (χ2v) is 5.67. The van der Waals surface area contributed by atoms with Crippen LogP contribution in [0.15, 0.2) is 27.6 Å². The van der Waals surface area contributed by atoms with Gasteiger partial charge in [-0.15, -0.1) is 11.8 Å². The lowest BCUT2D eigenvalue weighted by Gasteiger charge is -2.17. The molecule has 1 aliphatic rings. The molecule has 3 heteroatoms. The molecule has 76 valence electrons. The van der Waals surface area contributed by atoms with E-state index in [1.807, 2.05) is 11.8 Å². The molecule has 0 spiro atoms. The Labute approximate surface area is 97.6 Å². The van der Waals surface area contributed by atoms with Crippen LogP contribution in [0.3, 0.4) is 0 Å². The second-order valence-electron chi connectivity index (χ2n) is 3.79. The normalized spacial score (nSPS) is 22.1. The van der Waals surface area contributed by atoms with E-state index in [1.165, 1.54) is 20.7 Å². The van der Waals surface area contributed by atoms with E-state index < -0.39 is 0 Å². The molecule has 2 unspecified atom stereocenters. The number of rotatable bonds is 2. The van der Waals surface area contributed by atoms with Crippen molar-refractivity contribution in [3.63, 3.8) is 0 Å². The fraction of sp³-hybridized carbons (Fsp3) is 0.455. The van der Waals surface area contributed by atoms with E-state index in [0.717, 1.165) is 6.54 Å². The van der Waals surface area contributed by atoms with Gasteiger partial charge in [0.05, 0.1) is 0 Å². The molecular weight excluding hydrogens is 258 g/mol. The first-order chi connectivity index (χ1) is 6.74. The Morgan fingerprint density at radius 2 is 2.43 bits per heavy atom. The third-order valence-corrected chi connectivity index (χ3v) is 5.06. The van der Waals surface area contributed by atoms with E-state index in [0.29, 0.717) is 11.8 Å². The SMILES string of the molecule is CC(CN)C1CSc2c(Br)cccc21. The molecule has 2 atom stereocenters. The minimum absolute atomic E-state index is 0.582. The van der Waals surface area contributed by atoms with E-state index in [4.69, 9.17) is 5.73 Å². The first kappa shape index (κ1) is 10.5. The monoisotopic (exact) mass is 271 g/mol. The van der Waals surface area contributed by atoms with Gasteiger partial charge in [-0.2, -0.15) is 0 Å². The van der Waals surface area contributed by atoms with Gasteiger partial charge < -0.3 is 5.73 Å². The Balaban J connectivity index is 2.35. The molecule has 2 N–H and O–H groups in total. The largest absolute Gasteiger partial charge is 0.330 e. The van der Waals surface area contributed by atoms with Gasteiger partial charge >= 0.3 is 0 Å².